The van der Waals surface area contributed by atoms with Gasteiger partial charge in [0.05, 0.1) is 6.61 Å². The van der Waals surface area contributed by atoms with Gasteiger partial charge in [0, 0.05) is 38.1 Å². The highest BCUT2D eigenvalue weighted by atomic mass is 16.5. The molecule has 0 radical (unpaired) electrons. The summed E-state index contributed by atoms with van der Waals surface area (Å²) in [7, 11) is 0. The number of carbonyl (C=O) groups is 1. The van der Waals surface area contributed by atoms with Crippen molar-refractivity contribution in [2.45, 2.75) is 52.2 Å². The standard InChI is InChI=1S/C19H30N2O2/c1-4-23-19(22)11-17-10-18(14-21(13-17)15(2)3)20-12-16-8-6-5-7-9-16/h5-9,15,17-18,20H,4,10-14H2,1-3H3. The van der Waals surface area contributed by atoms with Gasteiger partial charge in [-0.3, -0.25) is 9.69 Å². The first-order chi connectivity index (χ1) is 11.1. The lowest BCUT2D eigenvalue weighted by molar-refractivity contribution is -0.144. The van der Waals surface area contributed by atoms with Crippen molar-refractivity contribution in [3.05, 3.63) is 35.9 Å². The summed E-state index contributed by atoms with van der Waals surface area (Å²) in [6.07, 6.45) is 1.56. The molecule has 1 fully saturated rings. The number of likely N-dealkylation sites (tertiary alicyclic amines) is 1. The summed E-state index contributed by atoms with van der Waals surface area (Å²) in [5.41, 5.74) is 1.30. The van der Waals surface area contributed by atoms with E-state index in [2.05, 4.69) is 48.3 Å². The van der Waals surface area contributed by atoms with Crippen molar-refractivity contribution >= 4 is 5.97 Å². The number of ether oxygens (including phenoxy) is 1. The van der Waals surface area contributed by atoms with E-state index in [0.29, 0.717) is 31.0 Å². The summed E-state index contributed by atoms with van der Waals surface area (Å²) in [4.78, 5) is 14.3. The second-order valence-electron chi connectivity index (χ2n) is 6.72. The van der Waals surface area contributed by atoms with E-state index < -0.39 is 0 Å². The zero-order chi connectivity index (χ0) is 16.7. The van der Waals surface area contributed by atoms with Crippen LogP contribution in [-0.4, -0.2) is 42.6 Å². The summed E-state index contributed by atoms with van der Waals surface area (Å²) in [5.74, 6) is 0.309. The van der Waals surface area contributed by atoms with E-state index in [-0.39, 0.29) is 5.97 Å². The highest BCUT2D eigenvalue weighted by Crippen LogP contribution is 2.22. The second kappa shape index (κ2) is 9.04. The first-order valence-corrected chi connectivity index (χ1v) is 8.75. The fraction of sp³-hybridized carbons (Fsp3) is 0.632. The van der Waals surface area contributed by atoms with Crippen LogP contribution in [0.3, 0.4) is 0 Å². The molecular formula is C19H30N2O2. The third-order valence-corrected chi connectivity index (χ3v) is 4.49. The van der Waals surface area contributed by atoms with E-state index in [1.165, 1.54) is 5.56 Å². The minimum Gasteiger partial charge on any atom is -0.466 e. The van der Waals surface area contributed by atoms with Crippen LogP contribution in [0.1, 0.15) is 39.2 Å². The van der Waals surface area contributed by atoms with Gasteiger partial charge in [0.15, 0.2) is 0 Å². The molecule has 2 rings (SSSR count). The second-order valence-corrected chi connectivity index (χ2v) is 6.72. The summed E-state index contributed by atoms with van der Waals surface area (Å²) < 4.78 is 5.13. The third kappa shape index (κ3) is 5.96. The topological polar surface area (TPSA) is 41.6 Å². The van der Waals surface area contributed by atoms with Crippen molar-refractivity contribution in [1.82, 2.24) is 10.2 Å². The molecule has 1 N–H and O–H groups in total. The summed E-state index contributed by atoms with van der Waals surface area (Å²) in [5, 5.41) is 3.66. The monoisotopic (exact) mass is 318 g/mol. The number of hydrogen-bond acceptors (Lipinski definition) is 4. The molecule has 1 aromatic carbocycles. The molecule has 0 bridgehead atoms. The Labute approximate surface area is 140 Å². The van der Waals surface area contributed by atoms with Crippen molar-refractivity contribution in [2.75, 3.05) is 19.7 Å². The molecule has 0 saturated carbocycles. The first kappa shape index (κ1) is 18.0. The molecule has 23 heavy (non-hydrogen) atoms. The van der Waals surface area contributed by atoms with Crippen LogP contribution < -0.4 is 5.32 Å². The summed E-state index contributed by atoms with van der Waals surface area (Å²) >= 11 is 0. The molecule has 1 heterocycles. The van der Waals surface area contributed by atoms with Crippen molar-refractivity contribution in [3.63, 3.8) is 0 Å². The van der Waals surface area contributed by atoms with Crippen molar-refractivity contribution in [2.24, 2.45) is 5.92 Å². The van der Waals surface area contributed by atoms with Gasteiger partial charge < -0.3 is 10.1 Å². The molecule has 1 aliphatic heterocycles. The van der Waals surface area contributed by atoms with Crippen LogP contribution in [0.2, 0.25) is 0 Å². The van der Waals surface area contributed by atoms with Crippen LogP contribution in [0.5, 0.6) is 0 Å². The molecule has 0 amide bonds. The number of benzene rings is 1. The molecule has 0 aromatic heterocycles. The molecule has 2 unspecified atom stereocenters. The van der Waals surface area contributed by atoms with Crippen LogP contribution in [-0.2, 0) is 16.1 Å². The fourth-order valence-electron chi connectivity index (χ4n) is 3.27. The number of nitrogens with one attached hydrogen (secondary N) is 1. The summed E-state index contributed by atoms with van der Waals surface area (Å²) in [6, 6.07) is 11.4. The largest absolute Gasteiger partial charge is 0.466 e. The van der Waals surface area contributed by atoms with Crippen molar-refractivity contribution in [1.29, 1.82) is 0 Å². The van der Waals surface area contributed by atoms with Gasteiger partial charge in [-0.1, -0.05) is 30.3 Å². The van der Waals surface area contributed by atoms with E-state index in [1.807, 2.05) is 13.0 Å². The van der Waals surface area contributed by atoms with Gasteiger partial charge in [0.25, 0.3) is 0 Å². The van der Waals surface area contributed by atoms with E-state index in [1.54, 1.807) is 0 Å². The Kier molecular flexibility index (Phi) is 7.06. The molecule has 4 nitrogen and oxygen atoms in total. The van der Waals surface area contributed by atoms with E-state index in [0.717, 1.165) is 26.1 Å². The molecular weight excluding hydrogens is 288 g/mol. The average molecular weight is 318 g/mol. The third-order valence-electron chi connectivity index (χ3n) is 4.49. The predicted octanol–water partition coefficient (Wildman–Crippen LogP) is 2.83. The lowest BCUT2D eigenvalue weighted by Gasteiger charge is -2.40. The van der Waals surface area contributed by atoms with E-state index in [4.69, 9.17) is 4.74 Å². The van der Waals surface area contributed by atoms with Gasteiger partial charge in [-0.15, -0.1) is 0 Å². The Hall–Kier alpha value is -1.39. The maximum Gasteiger partial charge on any atom is 0.306 e. The van der Waals surface area contributed by atoms with Crippen LogP contribution in [0.4, 0.5) is 0 Å². The van der Waals surface area contributed by atoms with Crippen LogP contribution in [0.15, 0.2) is 30.3 Å². The SMILES string of the molecule is CCOC(=O)CC1CC(NCc2ccccc2)CN(C(C)C)C1. The lowest BCUT2D eigenvalue weighted by Crippen LogP contribution is -2.51. The lowest BCUT2D eigenvalue weighted by atomic mass is 9.90. The fourth-order valence-corrected chi connectivity index (χ4v) is 3.27. The Morgan fingerprint density at radius 3 is 2.70 bits per heavy atom. The minimum atomic E-state index is -0.0649. The molecule has 1 aromatic rings. The number of nitrogens with zero attached hydrogens (tertiary/aromatic N) is 1. The van der Waals surface area contributed by atoms with Crippen LogP contribution in [0.25, 0.3) is 0 Å². The van der Waals surface area contributed by atoms with Gasteiger partial charge in [0.2, 0.25) is 0 Å². The molecule has 0 aliphatic carbocycles. The van der Waals surface area contributed by atoms with E-state index in [9.17, 15) is 4.79 Å². The zero-order valence-corrected chi connectivity index (χ0v) is 14.6. The predicted molar refractivity (Wildman–Crippen MR) is 93.1 cm³/mol. The Bertz CT molecular complexity index is 476. The van der Waals surface area contributed by atoms with Gasteiger partial charge in [-0.2, -0.15) is 0 Å². The van der Waals surface area contributed by atoms with Gasteiger partial charge in [-0.25, -0.2) is 0 Å². The van der Waals surface area contributed by atoms with Crippen LogP contribution in [0, 0.1) is 5.92 Å². The molecule has 1 saturated heterocycles. The zero-order valence-electron chi connectivity index (χ0n) is 14.6. The average Bonchev–Trinajstić information content (AvgIpc) is 2.54. The quantitative estimate of drug-likeness (QED) is 0.785. The molecule has 2 atom stereocenters. The van der Waals surface area contributed by atoms with Crippen LogP contribution >= 0.6 is 0 Å². The number of hydrogen-bond donors (Lipinski definition) is 1. The number of piperidine rings is 1. The molecule has 4 heteroatoms. The number of carbonyl (C=O) groups excluding carboxylic acids is 1. The van der Waals surface area contributed by atoms with Crippen molar-refractivity contribution in [3.8, 4) is 0 Å². The first-order valence-electron chi connectivity index (χ1n) is 8.75. The molecule has 1 aliphatic rings. The maximum atomic E-state index is 11.8. The maximum absolute atomic E-state index is 11.8. The minimum absolute atomic E-state index is 0.0649. The van der Waals surface area contributed by atoms with Gasteiger partial charge in [0.1, 0.15) is 0 Å². The van der Waals surface area contributed by atoms with Gasteiger partial charge in [-0.05, 0) is 38.7 Å². The smallest absolute Gasteiger partial charge is 0.306 e. The Morgan fingerprint density at radius 2 is 2.04 bits per heavy atom. The summed E-state index contributed by atoms with van der Waals surface area (Å²) in [6.45, 7) is 9.69. The Morgan fingerprint density at radius 1 is 1.30 bits per heavy atom. The van der Waals surface area contributed by atoms with Gasteiger partial charge >= 0.3 is 5.97 Å². The van der Waals surface area contributed by atoms with E-state index >= 15 is 0 Å². The Balaban J connectivity index is 1.91. The number of rotatable bonds is 7. The van der Waals surface area contributed by atoms with Crippen molar-refractivity contribution < 1.29 is 9.53 Å². The normalized spacial score (nSPS) is 22.3. The highest BCUT2D eigenvalue weighted by Gasteiger charge is 2.29. The molecule has 0 spiro atoms. The number of esters is 1. The molecule has 128 valence electrons. The highest BCUT2D eigenvalue weighted by molar-refractivity contribution is 5.69.